The zero-order valence-corrected chi connectivity index (χ0v) is 13.2. The van der Waals surface area contributed by atoms with Crippen LogP contribution >= 0.6 is 11.5 Å². The Hall–Kier alpha value is -1.17. The monoisotopic (exact) mass is 314 g/mol. The van der Waals surface area contributed by atoms with Crippen LogP contribution in [0.4, 0.5) is 5.00 Å². The molecule has 1 atom stereocenters. The number of aromatic nitrogens is 1. The lowest BCUT2D eigenvalue weighted by Gasteiger charge is -2.33. The highest BCUT2D eigenvalue weighted by Gasteiger charge is 2.24. The lowest BCUT2D eigenvalue weighted by atomic mass is 9.98. The van der Waals surface area contributed by atoms with Crippen molar-refractivity contribution < 1.29 is 8.42 Å². The highest BCUT2D eigenvalue weighted by molar-refractivity contribution is 7.88. The average molecular weight is 314 g/mol. The summed E-state index contributed by atoms with van der Waals surface area (Å²) in [5.74, 6) is 0.271. The zero-order chi connectivity index (χ0) is 14.8. The molecule has 2 rings (SSSR count). The first-order valence-electron chi connectivity index (χ1n) is 6.46. The number of nitrogens with one attached hydrogen (secondary N) is 1. The van der Waals surface area contributed by atoms with E-state index in [1.54, 1.807) is 0 Å². The van der Waals surface area contributed by atoms with Crippen LogP contribution in [0, 0.1) is 24.2 Å². The number of sulfonamides is 1. The summed E-state index contributed by atoms with van der Waals surface area (Å²) in [7, 11) is -3.14. The number of hydrogen-bond donors (Lipinski definition) is 1. The highest BCUT2D eigenvalue weighted by atomic mass is 32.2. The molecule has 6 nitrogen and oxygen atoms in total. The molecule has 0 saturated carbocycles. The van der Waals surface area contributed by atoms with Gasteiger partial charge in [-0.1, -0.05) is 0 Å². The van der Waals surface area contributed by atoms with Crippen LogP contribution in [0.1, 0.15) is 24.1 Å². The quantitative estimate of drug-likeness (QED) is 0.899. The molecule has 0 spiro atoms. The first kappa shape index (κ1) is 15.2. The standard InChI is InChI=1S/C12H18N4O2S2/c1-9-11(6-13)12(19-15-9)16-5-3-4-10(8-16)7-14-20(2,17)18/h10,14H,3-5,7-8H2,1-2H3/t10-/m0/s1. The Labute approximate surface area is 123 Å². The van der Waals surface area contributed by atoms with Crippen LogP contribution in [-0.4, -0.2) is 38.7 Å². The lowest BCUT2D eigenvalue weighted by Crippen LogP contribution is -2.40. The number of piperidine rings is 1. The second kappa shape index (κ2) is 6.08. The summed E-state index contributed by atoms with van der Waals surface area (Å²) in [6, 6.07) is 2.21. The first-order valence-corrected chi connectivity index (χ1v) is 9.13. The second-order valence-corrected chi connectivity index (χ2v) is 7.72. The van der Waals surface area contributed by atoms with Crippen molar-refractivity contribution in [1.29, 1.82) is 5.26 Å². The van der Waals surface area contributed by atoms with Gasteiger partial charge in [-0.2, -0.15) is 9.64 Å². The molecule has 0 radical (unpaired) electrons. The van der Waals surface area contributed by atoms with Gasteiger partial charge in [0, 0.05) is 19.6 Å². The van der Waals surface area contributed by atoms with Crippen LogP contribution < -0.4 is 9.62 Å². The van der Waals surface area contributed by atoms with Gasteiger partial charge in [-0.25, -0.2) is 13.1 Å². The molecular formula is C12H18N4O2S2. The molecule has 1 fully saturated rings. The summed E-state index contributed by atoms with van der Waals surface area (Å²) in [6.45, 7) is 3.95. The topological polar surface area (TPSA) is 86.1 Å². The minimum absolute atomic E-state index is 0.271. The van der Waals surface area contributed by atoms with E-state index in [0.29, 0.717) is 12.1 Å². The maximum atomic E-state index is 11.2. The molecule has 1 aromatic heterocycles. The number of hydrogen-bond acceptors (Lipinski definition) is 6. The van der Waals surface area contributed by atoms with Gasteiger partial charge in [0.25, 0.3) is 0 Å². The fourth-order valence-electron chi connectivity index (χ4n) is 2.39. The van der Waals surface area contributed by atoms with Crippen LogP contribution in [0.2, 0.25) is 0 Å². The number of nitrogens with zero attached hydrogens (tertiary/aromatic N) is 3. The molecular weight excluding hydrogens is 296 g/mol. The van der Waals surface area contributed by atoms with Crippen molar-refractivity contribution >= 4 is 26.6 Å². The fraction of sp³-hybridized carbons (Fsp3) is 0.667. The van der Waals surface area contributed by atoms with E-state index in [2.05, 4.69) is 20.1 Å². The molecule has 0 bridgehead atoms. The van der Waals surface area contributed by atoms with Crippen LogP contribution in [-0.2, 0) is 10.0 Å². The van der Waals surface area contributed by atoms with E-state index in [-0.39, 0.29) is 5.92 Å². The first-order chi connectivity index (χ1) is 9.40. The van der Waals surface area contributed by atoms with Gasteiger partial charge >= 0.3 is 0 Å². The van der Waals surface area contributed by atoms with E-state index in [1.807, 2.05) is 6.92 Å². The molecule has 0 aliphatic carbocycles. The number of nitriles is 1. The van der Waals surface area contributed by atoms with E-state index in [0.717, 1.165) is 36.6 Å². The van der Waals surface area contributed by atoms with Crippen LogP contribution in [0.15, 0.2) is 0 Å². The Bertz CT molecular complexity index is 618. The van der Waals surface area contributed by atoms with Crippen molar-refractivity contribution in [3.05, 3.63) is 11.3 Å². The minimum Gasteiger partial charge on any atom is -0.361 e. The van der Waals surface area contributed by atoms with Crippen LogP contribution in [0.5, 0.6) is 0 Å². The third kappa shape index (κ3) is 3.69. The summed E-state index contributed by atoms with van der Waals surface area (Å²) < 4.78 is 29.1. The Balaban J connectivity index is 2.05. The summed E-state index contributed by atoms with van der Waals surface area (Å²) in [5.41, 5.74) is 1.41. The van der Waals surface area contributed by atoms with Crippen molar-refractivity contribution in [3.8, 4) is 6.07 Å². The summed E-state index contributed by atoms with van der Waals surface area (Å²) in [5, 5.41) is 10.1. The van der Waals surface area contributed by atoms with Crippen molar-refractivity contribution in [3.63, 3.8) is 0 Å². The van der Waals surface area contributed by atoms with Crippen molar-refractivity contribution in [2.45, 2.75) is 19.8 Å². The largest absolute Gasteiger partial charge is 0.361 e. The van der Waals surface area contributed by atoms with E-state index in [1.165, 1.54) is 17.8 Å². The second-order valence-electron chi connectivity index (χ2n) is 5.13. The zero-order valence-electron chi connectivity index (χ0n) is 11.6. The van der Waals surface area contributed by atoms with Gasteiger partial charge in [-0.15, -0.1) is 0 Å². The Morgan fingerprint density at radius 3 is 3.00 bits per heavy atom. The predicted octanol–water partition coefficient (Wildman–Crippen LogP) is 1.09. The van der Waals surface area contributed by atoms with E-state index in [9.17, 15) is 13.7 Å². The van der Waals surface area contributed by atoms with Crippen LogP contribution in [0.25, 0.3) is 0 Å². The van der Waals surface area contributed by atoms with Crippen LogP contribution in [0.3, 0.4) is 0 Å². The van der Waals surface area contributed by atoms with Gasteiger partial charge in [0.1, 0.15) is 16.6 Å². The molecule has 2 heterocycles. The van der Waals surface area contributed by atoms with Gasteiger partial charge in [0.2, 0.25) is 10.0 Å². The van der Waals surface area contributed by atoms with Gasteiger partial charge in [-0.3, -0.25) is 0 Å². The molecule has 1 aliphatic rings. The molecule has 0 aromatic carbocycles. The third-order valence-electron chi connectivity index (χ3n) is 3.40. The highest BCUT2D eigenvalue weighted by Crippen LogP contribution is 2.31. The number of anilines is 1. The number of aryl methyl sites for hydroxylation is 1. The molecule has 1 aromatic rings. The Morgan fingerprint density at radius 1 is 1.60 bits per heavy atom. The maximum absolute atomic E-state index is 11.2. The van der Waals surface area contributed by atoms with E-state index in [4.69, 9.17) is 0 Å². The predicted molar refractivity (Wildman–Crippen MR) is 79.3 cm³/mol. The van der Waals surface area contributed by atoms with Gasteiger partial charge in [0.05, 0.1) is 11.9 Å². The lowest BCUT2D eigenvalue weighted by molar-refractivity contribution is 0.412. The Morgan fingerprint density at radius 2 is 2.35 bits per heavy atom. The molecule has 8 heteroatoms. The SMILES string of the molecule is Cc1nsc(N2CCC[C@@H](CNS(C)(=O)=O)C2)c1C#N. The smallest absolute Gasteiger partial charge is 0.208 e. The number of rotatable bonds is 4. The van der Waals surface area contributed by atoms with Gasteiger partial charge < -0.3 is 4.90 Å². The van der Waals surface area contributed by atoms with Crippen molar-refractivity contribution in [1.82, 2.24) is 9.10 Å². The normalized spacial score (nSPS) is 19.9. The van der Waals surface area contributed by atoms with Crippen molar-refractivity contribution in [2.24, 2.45) is 5.92 Å². The molecule has 0 amide bonds. The Kier molecular flexibility index (Phi) is 4.62. The summed E-state index contributed by atoms with van der Waals surface area (Å²) in [4.78, 5) is 2.15. The summed E-state index contributed by atoms with van der Waals surface area (Å²) in [6.07, 6.45) is 3.17. The molecule has 0 unspecified atom stereocenters. The van der Waals surface area contributed by atoms with E-state index < -0.39 is 10.0 Å². The molecule has 20 heavy (non-hydrogen) atoms. The molecule has 1 aliphatic heterocycles. The van der Waals surface area contributed by atoms with Gasteiger partial charge in [0.15, 0.2) is 0 Å². The van der Waals surface area contributed by atoms with E-state index >= 15 is 0 Å². The summed E-state index contributed by atoms with van der Waals surface area (Å²) >= 11 is 1.35. The van der Waals surface area contributed by atoms with Crippen molar-refractivity contribution in [2.75, 3.05) is 30.8 Å². The minimum atomic E-state index is -3.14. The average Bonchev–Trinajstić information content (AvgIpc) is 2.77. The molecule has 1 saturated heterocycles. The molecule has 110 valence electrons. The fourth-order valence-corrected chi connectivity index (χ4v) is 3.81. The third-order valence-corrected chi connectivity index (χ3v) is 5.09. The van der Waals surface area contributed by atoms with Gasteiger partial charge in [-0.05, 0) is 37.2 Å². The molecule has 1 N–H and O–H groups in total. The maximum Gasteiger partial charge on any atom is 0.208 e.